The number of amides is 1. The van der Waals surface area contributed by atoms with E-state index in [-0.39, 0.29) is 11.8 Å². The van der Waals surface area contributed by atoms with Gasteiger partial charge in [0.2, 0.25) is 5.91 Å². The quantitative estimate of drug-likeness (QED) is 0.871. The fraction of sp³-hybridized carbons (Fsp3) is 0.562. The number of carbonyl (C=O) groups excluding carboxylic acids is 1. The van der Waals surface area contributed by atoms with Crippen LogP contribution in [0, 0.1) is 5.92 Å². The number of piperidine rings is 1. The lowest BCUT2D eigenvalue weighted by Crippen LogP contribution is -2.52. The van der Waals surface area contributed by atoms with Crippen molar-refractivity contribution in [3.05, 3.63) is 35.9 Å². The summed E-state index contributed by atoms with van der Waals surface area (Å²) >= 11 is 0. The summed E-state index contributed by atoms with van der Waals surface area (Å²) in [4.78, 5) is 12.3. The van der Waals surface area contributed by atoms with Gasteiger partial charge in [-0.2, -0.15) is 0 Å². The lowest BCUT2D eigenvalue weighted by atomic mass is 9.99. The van der Waals surface area contributed by atoms with Crippen LogP contribution in [0.15, 0.2) is 30.3 Å². The van der Waals surface area contributed by atoms with Crippen molar-refractivity contribution in [2.45, 2.75) is 44.2 Å². The molecule has 1 aliphatic carbocycles. The molecule has 1 saturated carbocycles. The first-order valence-electron chi connectivity index (χ1n) is 7.34. The molecule has 19 heavy (non-hydrogen) atoms. The zero-order chi connectivity index (χ0) is 13.2. The number of hydrogen-bond acceptors (Lipinski definition) is 2. The van der Waals surface area contributed by atoms with Crippen LogP contribution in [0.3, 0.4) is 0 Å². The highest BCUT2D eigenvalue weighted by atomic mass is 16.2. The van der Waals surface area contributed by atoms with E-state index in [1.54, 1.807) is 0 Å². The summed E-state index contributed by atoms with van der Waals surface area (Å²) in [6, 6.07) is 11.1. The van der Waals surface area contributed by atoms with Crippen molar-refractivity contribution in [2.24, 2.45) is 5.92 Å². The molecule has 1 heterocycles. The van der Waals surface area contributed by atoms with E-state index in [2.05, 4.69) is 41.8 Å². The molecule has 2 N–H and O–H groups in total. The molecule has 0 spiro atoms. The lowest BCUT2D eigenvalue weighted by Gasteiger charge is -2.30. The maximum absolute atomic E-state index is 12.3. The van der Waals surface area contributed by atoms with Crippen molar-refractivity contribution in [1.82, 2.24) is 10.6 Å². The monoisotopic (exact) mass is 258 g/mol. The van der Waals surface area contributed by atoms with Crippen LogP contribution in [-0.2, 0) is 4.79 Å². The highest BCUT2D eigenvalue weighted by molar-refractivity contribution is 5.83. The minimum Gasteiger partial charge on any atom is -0.352 e. The minimum absolute atomic E-state index is 0.191. The molecule has 0 bridgehead atoms. The Kier molecular flexibility index (Phi) is 3.56. The van der Waals surface area contributed by atoms with E-state index in [0.717, 1.165) is 25.8 Å². The van der Waals surface area contributed by atoms with Crippen LogP contribution in [0.1, 0.15) is 37.7 Å². The van der Waals surface area contributed by atoms with Gasteiger partial charge in [-0.1, -0.05) is 30.3 Å². The molecule has 2 fully saturated rings. The van der Waals surface area contributed by atoms with Gasteiger partial charge in [0.1, 0.15) is 0 Å². The van der Waals surface area contributed by atoms with Gasteiger partial charge in [0.25, 0.3) is 0 Å². The van der Waals surface area contributed by atoms with Crippen LogP contribution in [0.5, 0.6) is 0 Å². The third-order valence-corrected chi connectivity index (χ3v) is 4.44. The van der Waals surface area contributed by atoms with E-state index in [4.69, 9.17) is 0 Å². The fourth-order valence-corrected chi connectivity index (χ4v) is 3.08. The van der Waals surface area contributed by atoms with Crippen LogP contribution in [0.4, 0.5) is 0 Å². The third-order valence-electron chi connectivity index (χ3n) is 4.44. The van der Waals surface area contributed by atoms with Crippen LogP contribution < -0.4 is 10.6 Å². The van der Waals surface area contributed by atoms with Crippen molar-refractivity contribution in [2.75, 3.05) is 6.54 Å². The Labute approximate surface area is 114 Å². The molecule has 3 nitrogen and oxygen atoms in total. The van der Waals surface area contributed by atoms with E-state index < -0.39 is 0 Å². The van der Waals surface area contributed by atoms with E-state index >= 15 is 0 Å². The Hall–Kier alpha value is -1.35. The Morgan fingerprint density at radius 2 is 2.11 bits per heavy atom. The Bertz CT molecular complexity index is 445. The van der Waals surface area contributed by atoms with E-state index in [9.17, 15) is 4.79 Å². The second-order valence-corrected chi connectivity index (χ2v) is 5.86. The van der Waals surface area contributed by atoms with Gasteiger partial charge in [-0.15, -0.1) is 0 Å². The Morgan fingerprint density at radius 1 is 1.32 bits per heavy atom. The fourth-order valence-electron chi connectivity index (χ4n) is 3.08. The summed E-state index contributed by atoms with van der Waals surface area (Å²) in [6.45, 7) is 3.23. The average molecular weight is 258 g/mol. The zero-order valence-electron chi connectivity index (χ0n) is 11.4. The second kappa shape index (κ2) is 5.33. The zero-order valence-corrected chi connectivity index (χ0v) is 11.4. The maximum atomic E-state index is 12.3. The number of carbonyl (C=O) groups is 1. The molecule has 2 aliphatic rings. The van der Waals surface area contributed by atoms with Gasteiger partial charge in [0.05, 0.1) is 0 Å². The number of rotatable bonds is 3. The Morgan fingerprint density at radius 3 is 2.84 bits per heavy atom. The number of benzene rings is 1. The van der Waals surface area contributed by atoms with Crippen LogP contribution in [0.25, 0.3) is 0 Å². The van der Waals surface area contributed by atoms with E-state index in [1.807, 2.05) is 6.07 Å². The van der Waals surface area contributed by atoms with Gasteiger partial charge >= 0.3 is 0 Å². The predicted octanol–water partition coefficient (Wildman–Crippen LogP) is 2.05. The topological polar surface area (TPSA) is 41.1 Å². The third kappa shape index (κ3) is 2.81. The number of nitrogens with one attached hydrogen (secondary N) is 2. The molecule has 1 aliphatic heterocycles. The van der Waals surface area contributed by atoms with Crippen LogP contribution in [-0.4, -0.2) is 24.5 Å². The summed E-state index contributed by atoms with van der Waals surface area (Å²) in [5.74, 6) is 0.874. The number of hydrogen-bond donors (Lipinski definition) is 2. The molecule has 4 unspecified atom stereocenters. The molecular formula is C16H22N2O. The molecule has 0 aromatic heterocycles. The first-order valence-corrected chi connectivity index (χ1v) is 7.34. The summed E-state index contributed by atoms with van der Waals surface area (Å²) < 4.78 is 0. The van der Waals surface area contributed by atoms with Gasteiger partial charge in [-0.25, -0.2) is 0 Å². The average Bonchev–Trinajstić information content (AvgIpc) is 3.23. The molecule has 3 heteroatoms. The largest absolute Gasteiger partial charge is 0.352 e. The lowest BCUT2D eigenvalue weighted by molar-refractivity contribution is -0.123. The predicted molar refractivity (Wildman–Crippen MR) is 75.9 cm³/mol. The highest BCUT2D eigenvalue weighted by Crippen LogP contribution is 2.47. The first kappa shape index (κ1) is 12.7. The maximum Gasteiger partial charge on any atom is 0.224 e. The molecule has 4 atom stereocenters. The Balaban J connectivity index is 1.55. The highest BCUT2D eigenvalue weighted by Gasteiger charge is 2.44. The summed E-state index contributed by atoms with van der Waals surface area (Å²) in [6.07, 6.45) is 3.26. The van der Waals surface area contributed by atoms with Crippen LogP contribution >= 0.6 is 0 Å². The second-order valence-electron chi connectivity index (χ2n) is 5.86. The van der Waals surface area contributed by atoms with E-state index in [0.29, 0.717) is 18.0 Å². The molecule has 1 amide bonds. The normalized spacial score (nSPS) is 33.7. The van der Waals surface area contributed by atoms with Crippen LogP contribution in [0.2, 0.25) is 0 Å². The SMILES string of the molecule is CC1NCCCC1NC(=O)C1CC1c1ccccc1. The van der Waals surface area contributed by atoms with Gasteiger partial charge in [0, 0.05) is 18.0 Å². The summed E-state index contributed by atoms with van der Waals surface area (Å²) in [5, 5.41) is 6.65. The van der Waals surface area contributed by atoms with E-state index in [1.165, 1.54) is 5.56 Å². The molecule has 3 rings (SSSR count). The van der Waals surface area contributed by atoms with Crippen molar-refractivity contribution >= 4 is 5.91 Å². The van der Waals surface area contributed by atoms with Crippen molar-refractivity contribution in [1.29, 1.82) is 0 Å². The minimum atomic E-state index is 0.191. The molecule has 102 valence electrons. The summed E-state index contributed by atoms with van der Waals surface area (Å²) in [5.41, 5.74) is 1.30. The summed E-state index contributed by atoms with van der Waals surface area (Å²) in [7, 11) is 0. The van der Waals surface area contributed by atoms with Crippen molar-refractivity contribution < 1.29 is 4.79 Å². The molecule has 0 radical (unpaired) electrons. The molecule has 1 aromatic carbocycles. The van der Waals surface area contributed by atoms with Gasteiger partial charge in [-0.3, -0.25) is 4.79 Å². The molecule has 1 aromatic rings. The standard InChI is InChI=1S/C16H22N2O/c1-11-15(8-5-9-17-11)18-16(19)14-10-13(14)12-6-3-2-4-7-12/h2-4,6-7,11,13-15,17H,5,8-10H2,1H3,(H,18,19). The molecular weight excluding hydrogens is 236 g/mol. The van der Waals surface area contributed by atoms with Gasteiger partial charge in [0.15, 0.2) is 0 Å². The molecule has 1 saturated heterocycles. The van der Waals surface area contributed by atoms with Gasteiger partial charge in [-0.05, 0) is 44.2 Å². The van der Waals surface area contributed by atoms with Crippen molar-refractivity contribution in [3.8, 4) is 0 Å². The first-order chi connectivity index (χ1) is 9.25. The van der Waals surface area contributed by atoms with Gasteiger partial charge < -0.3 is 10.6 Å². The van der Waals surface area contributed by atoms with Crippen molar-refractivity contribution in [3.63, 3.8) is 0 Å². The smallest absolute Gasteiger partial charge is 0.224 e.